The molecule has 1 unspecified atom stereocenters. The van der Waals surface area contributed by atoms with Gasteiger partial charge in [0.1, 0.15) is 18.5 Å². The number of carbonyl (C=O) groups excluding carboxylic acids is 1. The molecule has 21 heavy (non-hydrogen) atoms. The van der Waals surface area contributed by atoms with Gasteiger partial charge in [0.25, 0.3) is 0 Å². The monoisotopic (exact) mass is 295 g/mol. The molecule has 0 saturated heterocycles. The fraction of sp³-hybridized carbons (Fsp3) is 0.562. The van der Waals surface area contributed by atoms with E-state index in [2.05, 4.69) is 5.32 Å². The van der Waals surface area contributed by atoms with Gasteiger partial charge in [-0.2, -0.15) is 0 Å². The Morgan fingerprint density at radius 1 is 1.33 bits per heavy atom. The summed E-state index contributed by atoms with van der Waals surface area (Å²) in [6.07, 6.45) is -0.315. The molecule has 0 radical (unpaired) electrons. The van der Waals surface area contributed by atoms with Crippen LogP contribution in [0.4, 0.5) is 0 Å². The van der Waals surface area contributed by atoms with E-state index in [9.17, 15) is 9.90 Å². The summed E-state index contributed by atoms with van der Waals surface area (Å²) in [6.45, 7) is 7.21. The molecule has 1 rings (SSSR count). The number of esters is 1. The molecule has 1 atom stereocenters. The SMILES string of the molecule is CCOC(=O)CCNCC(O)COc1c(C)cccc1C. The second-order valence-electron chi connectivity index (χ2n) is 4.94. The van der Waals surface area contributed by atoms with Crippen LogP contribution in [0.5, 0.6) is 5.75 Å². The Labute approximate surface area is 126 Å². The molecule has 5 nitrogen and oxygen atoms in total. The van der Waals surface area contributed by atoms with Crippen molar-refractivity contribution in [2.45, 2.75) is 33.3 Å². The molecule has 0 aromatic heterocycles. The number of aryl methyl sites for hydroxylation is 2. The Morgan fingerprint density at radius 3 is 2.62 bits per heavy atom. The molecule has 0 aliphatic rings. The van der Waals surface area contributed by atoms with E-state index in [-0.39, 0.29) is 12.6 Å². The van der Waals surface area contributed by atoms with E-state index in [4.69, 9.17) is 9.47 Å². The van der Waals surface area contributed by atoms with E-state index >= 15 is 0 Å². The number of hydrogen-bond acceptors (Lipinski definition) is 5. The molecule has 0 spiro atoms. The number of aliphatic hydroxyl groups is 1. The average Bonchev–Trinajstić information content (AvgIpc) is 2.43. The highest BCUT2D eigenvalue weighted by Gasteiger charge is 2.09. The van der Waals surface area contributed by atoms with Crippen molar-refractivity contribution in [3.63, 3.8) is 0 Å². The molecule has 0 bridgehead atoms. The Bertz CT molecular complexity index is 428. The number of benzene rings is 1. The lowest BCUT2D eigenvalue weighted by Crippen LogP contribution is -2.33. The van der Waals surface area contributed by atoms with Crippen molar-refractivity contribution in [3.05, 3.63) is 29.3 Å². The summed E-state index contributed by atoms with van der Waals surface area (Å²) in [5, 5.41) is 12.9. The van der Waals surface area contributed by atoms with Crippen LogP contribution in [-0.4, -0.2) is 43.5 Å². The Kier molecular flexibility index (Phi) is 7.79. The second kappa shape index (κ2) is 9.37. The van der Waals surface area contributed by atoms with Crippen molar-refractivity contribution in [1.82, 2.24) is 5.32 Å². The van der Waals surface area contributed by atoms with Crippen molar-refractivity contribution in [2.75, 3.05) is 26.3 Å². The Morgan fingerprint density at radius 2 is 2.00 bits per heavy atom. The van der Waals surface area contributed by atoms with Crippen molar-refractivity contribution >= 4 is 5.97 Å². The number of para-hydroxylation sites is 1. The number of carbonyl (C=O) groups is 1. The zero-order chi connectivity index (χ0) is 15.7. The summed E-state index contributed by atoms with van der Waals surface area (Å²) in [7, 11) is 0. The van der Waals surface area contributed by atoms with Gasteiger partial charge < -0.3 is 19.9 Å². The Hall–Kier alpha value is -1.59. The van der Waals surface area contributed by atoms with Crippen molar-refractivity contribution < 1.29 is 19.4 Å². The highest BCUT2D eigenvalue weighted by Crippen LogP contribution is 2.22. The molecular formula is C16H25NO4. The molecule has 0 aliphatic carbocycles. The summed E-state index contributed by atoms with van der Waals surface area (Å²) < 4.78 is 10.5. The molecule has 1 aromatic rings. The lowest BCUT2D eigenvalue weighted by atomic mass is 10.1. The fourth-order valence-corrected chi connectivity index (χ4v) is 1.96. The zero-order valence-corrected chi connectivity index (χ0v) is 13.0. The number of hydrogen-bond donors (Lipinski definition) is 2. The first-order valence-corrected chi connectivity index (χ1v) is 7.28. The van der Waals surface area contributed by atoms with Gasteiger partial charge in [-0.05, 0) is 31.9 Å². The first-order valence-electron chi connectivity index (χ1n) is 7.28. The lowest BCUT2D eigenvalue weighted by molar-refractivity contribution is -0.143. The lowest BCUT2D eigenvalue weighted by Gasteiger charge is -2.16. The van der Waals surface area contributed by atoms with Crippen LogP contribution in [0.15, 0.2) is 18.2 Å². The molecule has 118 valence electrons. The molecular weight excluding hydrogens is 270 g/mol. The van der Waals surface area contributed by atoms with Crippen LogP contribution in [0.1, 0.15) is 24.5 Å². The van der Waals surface area contributed by atoms with E-state index < -0.39 is 6.10 Å². The van der Waals surface area contributed by atoms with Crippen LogP contribution in [0.25, 0.3) is 0 Å². The van der Waals surface area contributed by atoms with Crippen molar-refractivity contribution in [3.8, 4) is 5.75 Å². The number of ether oxygens (including phenoxy) is 2. The topological polar surface area (TPSA) is 67.8 Å². The van der Waals surface area contributed by atoms with Gasteiger partial charge in [0.2, 0.25) is 0 Å². The van der Waals surface area contributed by atoms with Crippen LogP contribution >= 0.6 is 0 Å². The van der Waals surface area contributed by atoms with Crippen LogP contribution in [0, 0.1) is 13.8 Å². The predicted octanol–water partition coefficient (Wildman–Crippen LogP) is 1.59. The minimum Gasteiger partial charge on any atom is -0.490 e. The molecule has 0 amide bonds. The largest absolute Gasteiger partial charge is 0.490 e. The quantitative estimate of drug-likeness (QED) is 0.535. The normalized spacial score (nSPS) is 12.0. The van der Waals surface area contributed by atoms with E-state index in [1.54, 1.807) is 6.92 Å². The maximum atomic E-state index is 11.1. The van der Waals surface area contributed by atoms with Gasteiger partial charge in [-0.25, -0.2) is 0 Å². The van der Waals surface area contributed by atoms with E-state index in [1.807, 2.05) is 32.0 Å². The molecule has 0 saturated carbocycles. The van der Waals surface area contributed by atoms with Crippen molar-refractivity contribution in [1.29, 1.82) is 0 Å². The molecule has 0 fully saturated rings. The second-order valence-corrected chi connectivity index (χ2v) is 4.94. The maximum absolute atomic E-state index is 11.1. The molecule has 5 heteroatoms. The van der Waals surface area contributed by atoms with Gasteiger partial charge in [-0.15, -0.1) is 0 Å². The minimum absolute atomic E-state index is 0.220. The third kappa shape index (κ3) is 6.60. The molecule has 0 aliphatic heterocycles. The number of rotatable bonds is 9. The smallest absolute Gasteiger partial charge is 0.307 e. The molecule has 2 N–H and O–H groups in total. The summed E-state index contributed by atoms with van der Waals surface area (Å²) >= 11 is 0. The van der Waals surface area contributed by atoms with Gasteiger partial charge in [-0.1, -0.05) is 18.2 Å². The third-order valence-corrected chi connectivity index (χ3v) is 3.02. The summed E-state index contributed by atoms with van der Waals surface area (Å²) in [4.78, 5) is 11.1. The van der Waals surface area contributed by atoms with E-state index in [1.165, 1.54) is 0 Å². The van der Waals surface area contributed by atoms with Gasteiger partial charge in [0.15, 0.2) is 0 Å². The van der Waals surface area contributed by atoms with Gasteiger partial charge in [0, 0.05) is 13.1 Å². The predicted molar refractivity (Wildman–Crippen MR) is 81.5 cm³/mol. The number of nitrogens with one attached hydrogen (secondary N) is 1. The van der Waals surface area contributed by atoms with Gasteiger partial charge in [-0.3, -0.25) is 4.79 Å². The van der Waals surface area contributed by atoms with E-state index in [0.717, 1.165) is 16.9 Å². The Balaban J connectivity index is 2.22. The van der Waals surface area contributed by atoms with Gasteiger partial charge >= 0.3 is 5.97 Å². The maximum Gasteiger partial charge on any atom is 0.307 e. The highest BCUT2D eigenvalue weighted by molar-refractivity contribution is 5.69. The highest BCUT2D eigenvalue weighted by atomic mass is 16.5. The van der Waals surface area contributed by atoms with Crippen LogP contribution in [0.3, 0.4) is 0 Å². The first-order chi connectivity index (χ1) is 10.0. The summed E-state index contributed by atoms with van der Waals surface area (Å²) in [6, 6.07) is 5.93. The first kappa shape index (κ1) is 17.5. The summed E-state index contributed by atoms with van der Waals surface area (Å²) in [5.41, 5.74) is 2.11. The van der Waals surface area contributed by atoms with Crippen molar-refractivity contribution in [2.24, 2.45) is 0 Å². The van der Waals surface area contributed by atoms with E-state index in [0.29, 0.717) is 26.1 Å². The average molecular weight is 295 g/mol. The van der Waals surface area contributed by atoms with Crippen LogP contribution in [-0.2, 0) is 9.53 Å². The third-order valence-electron chi connectivity index (χ3n) is 3.02. The minimum atomic E-state index is -0.619. The fourth-order valence-electron chi connectivity index (χ4n) is 1.96. The standard InChI is InChI=1S/C16H25NO4/c1-4-20-15(19)8-9-17-10-14(18)11-21-16-12(2)6-5-7-13(16)3/h5-7,14,17-18H,4,8-11H2,1-3H3. The number of aliphatic hydroxyl groups excluding tert-OH is 1. The zero-order valence-electron chi connectivity index (χ0n) is 13.0. The van der Waals surface area contributed by atoms with Crippen LogP contribution in [0.2, 0.25) is 0 Å². The summed E-state index contributed by atoms with van der Waals surface area (Å²) in [5.74, 6) is 0.592. The molecule has 0 heterocycles. The van der Waals surface area contributed by atoms with Gasteiger partial charge in [0.05, 0.1) is 13.0 Å². The molecule has 1 aromatic carbocycles. The van der Waals surface area contributed by atoms with Crippen LogP contribution < -0.4 is 10.1 Å².